The van der Waals surface area contributed by atoms with Gasteiger partial charge in [-0.05, 0) is 12.8 Å². The van der Waals surface area contributed by atoms with Gasteiger partial charge in [-0.25, -0.2) is 14.4 Å². The number of hydrogen-bond acceptors (Lipinski definition) is 4. The minimum Gasteiger partial charge on any atom is -0.481 e. The molecule has 15 heavy (non-hydrogen) atoms. The molecule has 1 aromatic heterocycles. The van der Waals surface area contributed by atoms with Crippen LogP contribution in [0.1, 0.15) is 12.8 Å². The molecular formula is C9H10FN3O2. The smallest absolute Gasteiger partial charge is 0.311 e. The van der Waals surface area contributed by atoms with Crippen LogP contribution in [0, 0.1) is 11.2 Å². The van der Waals surface area contributed by atoms with Crippen LogP contribution in [0.5, 0.6) is 0 Å². The Morgan fingerprint density at radius 1 is 1.53 bits per heavy atom. The third-order valence-corrected chi connectivity index (χ3v) is 2.51. The number of rotatable bonds is 4. The molecule has 1 heterocycles. The molecule has 1 aromatic rings. The Labute approximate surface area is 85.4 Å². The van der Waals surface area contributed by atoms with Crippen molar-refractivity contribution in [3.05, 3.63) is 18.2 Å². The van der Waals surface area contributed by atoms with Crippen molar-refractivity contribution < 1.29 is 14.3 Å². The van der Waals surface area contributed by atoms with Crippen LogP contribution < -0.4 is 5.32 Å². The maximum atomic E-state index is 12.5. The fourth-order valence-electron chi connectivity index (χ4n) is 1.27. The number of hydrogen-bond donors (Lipinski definition) is 2. The highest BCUT2D eigenvalue weighted by molar-refractivity contribution is 5.78. The summed E-state index contributed by atoms with van der Waals surface area (Å²) in [4.78, 5) is 18.2. The van der Waals surface area contributed by atoms with Crippen LogP contribution in [0.3, 0.4) is 0 Å². The number of carbonyl (C=O) groups is 1. The SMILES string of the molecule is O=C(O)C1(CNc2ncc(F)cn2)CC1. The van der Waals surface area contributed by atoms with Crippen molar-refractivity contribution in [2.45, 2.75) is 12.8 Å². The molecule has 5 nitrogen and oxygen atoms in total. The first-order valence-electron chi connectivity index (χ1n) is 4.57. The number of nitrogens with zero attached hydrogens (tertiary/aromatic N) is 2. The van der Waals surface area contributed by atoms with Gasteiger partial charge in [0.15, 0.2) is 5.82 Å². The van der Waals surface area contributed by atoms with Crippen molar-refractivity contribution in [1.82, 2.24) is 9.97 Å². The highest BCUT2D eigenvalue weighted by Gasteiger charge is 2.50. The van der Waals surface area contributed by atoms with E-state index in [-0.39, 0.29) is 12.5 Å². The van der Waals surface area contributed by atoms with Gasteiger partial charge in [0.1, 0.15) is 0 Å². The molecule has 1 aliphatic carbocycles. The molecule has 0 unspecified atom stereocenters. The predicted octanol–water partition coefficient (Wildman–Crippen LogP) is 0.892. The summed E-state index contributed by atoms with van der Waals surface area (Å²) >= 11 is 0. The van der Waals surface area contributed by atoms with Crippen molar-refractivity contribution in [1.29, 1.82) is 0 Å². The van der Waals surface area contributed by atoms with Crippen LogP contribution in [0.4, 0.5) is 10.3 Å². The van der Waals surface area contributed by atoms with Crippen molar-refractivity contribution in [3.8, 4) is 0 Å². The van der Waals surface area contributed by atoms with E-state index in [1.807, 2.05) is 0 Å². The first-order valence-corrected chi connectivity index (χ1v) is 4.57. The first kappa shape index (κ1) is 9.82. The summed E-state index contributed by atoms with van der Waals surface area (Å²) in [7, 11) is 0. The predicted molar refractivity (Wildman–Crippen MR) is 49.8 cm³/mol. The molecule has 0 atom stereocenters. The summed E-state index contributed by atoms with van der Waals surface area (Å²) in [5, 5.41) is 11.7. The Morgan fingerprint density at radius 3 is 2.60 bits per heavy atom. The van der Waals surface area contributed by atoms with Gasteiger partial charge in [-0.1, -0.05) is 0 Å². The molecule has 2 N–H and O–H groups in total. The molecule has 2 rings (SSSR count). The van der Waals surface area contributed by atoms with E-state index in [2.05, 4.69) is 15.3 Å². The van der Waals surface area contributed by atoms with Gasteiger partial charge in [0.25, 0.3) is 0 Å². The Kier molecular flexibility index (Phi) is 2.26. The van der Waals surface area contributed by atoms with Crippen LogP contribution in [0.15, 0.2) is 12.4 Å². The van der Waals surface area contributed by atoms with Crippen LogP contribution in [0.25, 0.3) is 0 Å². The maximum Gasteiger partial charge on any atom is 0.311 e. The molecule has 0 spiro atoms. The molecule has 0 saturated heterocycles. The van der Waals surface area contributed by atoms with E-state index in [4.69, 9.17) is 5.11 Å². The van der Waals surface area contributed by atoms with Gasteiger partial charge in [-0.15, -0.1) is 0 Å². The van der Waals surface area contributed by atoms with Crippen LogP contribution in [-0.2, 0) is 4.79 Å². The van der Waals surface area contributed by atoms with Gasteiger partial charge in [0, 0.05) is 6.54 Å². The van der Waals surface area contributed by atoms with Gasteiger partial charge in [0.05, 0.1) is 17.8 Å². The maximum absolute atomic E-state index is 12.5. The van der Waals surface area contributed by atoms with Crippen LogP contribution in [0.2, 0.25) is 0 Å². The normalized spacial score (nSPS) is 17.1. The summed E-state index contributed by atoms with van der Waals surface area (Å²) in [6, 6.07) is 0. The van der Waals surface area contributed by atoms with E-state index in [1.54, 1.807) is 0 Å². The number of anilines is 1. The molecule has 0 aliphatic heterocycles. The van der Waals surface area contributed by atoms with Crippen molar-refractivity contribution in [2.24, 2.45) is 5.41 Å². The molecule has 1 saturated carbocycles. The minimum absolute atomic E-state index is 0.254. The summed E-state index contributed by atoms with van der Waals surface area (Å²) in [5.74, 6) is -1.07. The molecule has 0 amide bonds. The summed E-state index contributed by atoms with van der Waals surface area (Å²) in [6.45, 7) is 0.286. The molecular weight excluding hydrogens is 201 g/mol. The quantitative estimate of drug-likeness (QED) is 0.773. The second-order valence-corrected chi connectivity index (χ2v) is 3.66. The minimum atomic E-state index is -0.808. The molecule has 1 fully saturated rings. The third kappa shape index (κ3) is 2.03. The van der Waals surface area contributed by atoms with Gasteiger partial charge in [-0.3, -0.25) is 4.79 Å². The Balaban J connectivity index is 1.94. The lowest BCUT2D eigenvalue weighted by Gasteiger charge is -2.10. The zero-order chi connectivity index (χ0) is 10.9. The number of carboxylic acids is 1. The summed E-state index contributed by atoms with van der Waals surface area (Å²) in [6.07, 6.45) is 3.40. The summed E-state index contributed by atoms with van der Waals surface area (Å²) in [5.41, 5.74) is -0.669. The van der Waals surface area contributed by atoms with Gasteiger partial charge < -0.3 is 10.4 Å². The standard InChI is InChI=1S/C9H10FN3O2/c10-6-3-11-8(12-4-6)13-5-9(1-2-9)7(14)15/h3-4H,1-2,5H2,(H,14,15)(H,11,12,13). The van der Waals surface area contributed by atoms with E-state index in [1.165, 1.54) is 0 Å². The second kappa shape index (κ2) is 3.45. The number of nitrogens with one attached hydrogen (secondary N) is 1. The third-order valence-electron chi connectivity index (χ3n) is 2.51. The monoisotopic (exact) mass is 211 g/mol. The lowest BCUT2D eigenvalue weighted by molar-refractivity contribution is -0.142. The molecule has 0 aromatic carbocycles. The zero-order valence-electron chi connectivity index (χ0n) is 7.90. The average molecular weight is 211 g/mol. The molecule has 6 heteroatoms. The number of halogens is 1. The van der Waals surface area contributed by atoms with Gasteiger partial charge in [-0.2, -0.15) is 0 Å². The van der Waals surface area contributed by atoms with Gasteiger partial charge in [0.2, 0.25) is 5.95 Å². The van der Waals surface area contributed by atoms with Crippen molar-refractivity contribution >= 4 is 11.9 Å². The number of carboxylic acid groups (broad SMARTS) is 1. The molecule has 80 valence electrons. The van der Waals surface area contributed by atoms with E-state index >= 15 is 0 Å². The Bertz CT molecular complexity index is 375. The van der Waals surface area contributed by atoms with Crippen molar-refractivity contribution in [2.75, 3.05) is 11.9 Å². The Morgan fingerprint density at radius 2 is 2.13 bits per heavy atom. The van der Waals surface area contributed by atoms with Gasteiger partial charge >= 0.3 is 5.97 Å². The number of aliphatic carboxylic acids is 1. The average Bonchev–Trinajstić information content (AvgIpc) is 2.98. The van der Waals surface area contributed by atoms with E-state index in [0.717, 1.165) is 12.4 Å². The highest BCUT2D eigenvalue weighted by Crippen LogP contribution is 2.45. The fourth-order valence-corrected chi connectivity index (χ4v) is 1.27. The lowest BCUT2D eigenvalue weighted by atomic mass is 10.1. The zero-order valence-corrected chi connectivity index (χ0v) is 7.90. The second-order valence-electron chi connectivity index (χ2n) is 3.66. The number of aromatic nitrogens is 2. The first-order chi connectivity index (χ1) is 7.12. The highest BCUT2D eigenvalue weighted by atomic mass is 19.1. The van der Waals surface area contributed by atoms with E-state index in [0.29, 0.717) is 12.8 Å². The van der Waals surface area contributed by atoms with Crippen LogP contribution in [-0.4, -0.2) is 27.6 Å². The van der Waals surface area contributed by atoms with E-state index in [9.17, 15) is 9.18 Å². The molecule has 0 bridgehead atoms. The van der Waals surface area contributed by atoms with E-state index < -0.39 is 17.2 Å². The summed E-state index contributed by atoms with van der Waals surface area (Å²) < 4.78 is 12.5. The van der Waals surface area contributed by atoms with Crippen LogP contribution >= 0.6 is 0 Å². The topological polar surface area (TPSA) is 75.1 Å². The Hall–Kier alpha value is -1.72. The fraction of sp³-hybridized carbons (Fsp3) is 0.444. The largest absolute Gasteiger partial charge is 0.481 e. The molecule has 0 radical (unpaired) electrons. The molecule has 1 aliphatic rings. The lowest BCUT2D eigenvalue weighted by Crippen LogP contribution is -2.25. The van der Waals surface area contributed by atoms with Crippen molar-refractivity contribution in [3.63, 3.8) is 0 Å².